The van der Waals surface area contributed by atoms with Gasteiger partial charge in [0.25, 0.3) is 5.79 Å². The molecule has 4 heteroatoms. The van der Waals surface area contributed by atoms with Gasteiger partial charge in [-0.05, 0) is 30.5 Å². The molecule has 0 unspecified atom stereocenters. The number of rotatable bonds is 1. The van der Waals surface area contributed by atoms with Crippen molar-refractivity contribution in [3.05, 3.63) is 22.2 Å². The van der Waals surface area contributed by atoms with Crippen molar-refractivity contribution in [2.45, 2.75) is 37.9 Å². The first-order valence-electron chi connectivity index (χ1n) is 5.80. The van der Waals surface area contributed by atoms with E-state index in [1.807, 2.05) is 12.1 Å². The molecule has 1 spiro atoms. The summed E-state index contributed by atoms with van der Waals surface area (Å²) in [5.41, 5.74) is 0.949. The van der Waals surface area contributed by atoms with Crippen molar-refractivity contribution in [1.82, 2.24) is 0 Å². The highest BCUT2D eigenvalue weighted by Crippen LogP contribution is 2.48. The van der Waals surface area contributed by atoms with Crippen LogP contribution in [0.3, 0.4) is 0 Å². The Labute approximate surface area is 108 Å². The molecule has 1 heterocycles. The summed E-state index contributed by atoms with van der Waals surface area (Å²) in [6.45, 7) is 0. The van der Waals surface area contributed by atoms with Crippen molar-refractivity contribution < 1.29 is 9.47 Å². The first kappa shape index (κ1) is 10.9. The fourth-order valence-electron chi connectivity index (χ4n) is 2.50. The van der Waals surface area contributed by atoms with Crippen molar-refractivity contribution >= 4 is 15.9 Å². The molecule has 1 saturated carbocycles. The van der Waals surface area contributed by atoms with E-state index < -0.39 is 5.79 Å². The second-order valence-corrected chi connectivity index (χ2v) is 5.40. The zero-order valence-corrected chi connectivity index (χ0v) is 10.9. The van der Waals surface area contributed by atoms with E-state index >= 15 is 0 Å². The number of hydrogen-bond donors (Lipinski definition) is 0. The van der Waals surface area contributed by atoms with E-state index in [0.717, 1.165) is 47.2 Å². The highest BCUT2D eigenvalue weighted by Gasteiger charge is 2.44. The molecule has 0 aromatic heterocycles. The summed E-state index contributed by atoms with van der Waals surface area (Å²) in [7, 11) is 0. The summed E-state index contributed by atoms with van der Waals surface area (Å²) in [4.78, 5) is 0. The highest BCUT2D eigenvalue weighted by atomic mass is 79.9. The molecule has 1 aliphatic carbocycles. The van der Waals surface area contributed by atoms with Crippen LogP contribution in [-0.2, 0) is 6.42 Å². The van der Waals surface area contributed by atoms with Crippen LogP contribution in [0.5, 0.6) is 11.5 Å². The predicted molar refractivity (Wildman–Crippen MR) is 65.9 cm³/mol. The van der Waals surface area contributed by atoms with Crippen molar-refractivity contribution in [3.63, 3.8) is 0 Å². The molecule has 0 saturated heterocycles. The van der Waals surface area contributed by atoms with Gasteiger partial charge in [0, 0.05) is 17.3 Å². The molecule has 88 valence electrons. The quantitative estimate of drug-likeness (QED) is 0.795. The van der Waals surface area contributed by atoms with Gasteiger partial charge in [0.05, 0.1) is 12.5 Å². The molecule has 0 amide bonds. The van der Waals surface area contributed by atoms with E-state index in [1.165, 1.54) is 0 Å². The average Bonchev–Trinajstić information content (AvgIpc) is 2.87. The first-order chi connectivity index (χ1) is 8.22. The van der Waals surface area contributed by atoms with Crippen molar-refractivity contribution in [1.29, 1.82) is 5.26 Å². The lowest BCUT2D eigenvalue weighted by Gasteiger charge is -2.21. The standard InChI is InChI=1S/C13H12BrNO2/c14-10-8-12-11(7-9(10)3-6-15)16-13(17-12)4-1-2-5-13/h7-8H,1-5H2. The van der Waals surface area contributed by atoms with Crippen molar-refractivity contribution in [2.24, 2.45) is 0 Å². The zero-order valence-electron chi connectivity index (χ0n) is 9.33. The fraction of sp³-hybridized carbons (Fsp3) is 0.462. The van der Waals surface area contributed by atoms with Crippen LogP contribution in [0, 0.1) is 11.3 Å². The van der Waals surface area contributed by atoms with Crippen LogP contribution in [0.25, 0.3) is 0 Å². The van der Waals surface area contributed by atoms with Crippen LogP contribution in [-0.4, -0.2) is 5.79 Å². The van der Waals surface area contributed by atoms with Crippen LogP contribution < -0.4 is 9.47 Å². The number of fused-ring (bicyclic) bond motifs is 1. The molecule has 0 atom stereocenters. The molecular formula is C13H12BrNO2. The van der Waals surface area contributed by atoms with Gasteiger partial charge < -0.3 is 9.47 Å². The van der Waals surface area contributed by atoms with Gasteiger partial charge >= 0.3 is 0 Å². The van der Waals surface area contributed by atoms with E-state index in [2.05, 4.69) is 22.0 Å². The lowest BCUT2D eigenvalue weighted by atomic mass is 10.1. The van der Waals surface area contributed by atoms with Gasteiger partial charge in [0.1, 0.15) is 0 Å². The zero-order chi connectivity index (χ0) is 11.9. The monoisotopic (exact) mass is 293 g/mol. The minimum Gasteiger partial charge on any atom is -0.448 e. The molecule has 3 nitrogen and oxygen atoms in total. The van der Waals surface area contributed by atoms with E-state index in [4.69, 9.17) is 14.7 Å². The Kier molecular flexibility index (Phi) is 2.52. The summed E-state index contributed by atoms with van der Waals surface area (Å²) in [6, 6.07) is 5.97. The molecule has 1 aromatic carbocycles. The van der Waals surface area contributed by atoms with E-state index in [9.17, 15) is 0 Å². The highest BCUT2D eigenvalue weighted by molar-refractivity contribution is 9.10. The lowest BCUT2D eigenvalue weighted by molar-refractivity contribution is -0.0716. The predicted octanol–water partition coefficient (Wildman–Crippen LogP) is 3.56. The molecule has 0 bridgehead atoms. The maximum Gasteiger partial charge on any atom is 0.251 e. The van der Waals surface area contributed by atoms with Gasteiger partial charge in [0.2, 0.25) is 0 Å². The SMILES string of the molecule is N#CCc1cc2c(cc1Br)OC1(CCCC1)O2. The van der Waals surface area contributed by atoms with Crippen LogP contribution in [0.4, 0.5) is 0 Å². The Balaban J connectivity index is 1.95. The third kappa shape index (κ3) is 1.79. The molecule has 1 aliphatic heterocycles. The number of benzene rings is 1. The van der Waals surface area contributed by atoms with Gasteiger partial charge in [-0.25, -0.2) is 0 Å². The number of halogens is 1. The summed E-state index contributed by atoms with van der Waals surface area (Å²) in [5.74, 6) is 1.15. The minimum absolute atomic E-state index is 0.379. The summed E-state index contributed by atoms with van der Waals surface area (Å²) >= 11 is 3.46. The fourth-order valence-corrected chi connectivity index (χ4v) is 2.96. The Morgan fingerprint density at radius 3 is 2.53 bits per heavy atom. The van der Waals surface area contributed by atoms with E-state index in [0.29, 0.717) is 6.42 Å². The minimum atomic E-state index is -0.424. The maximum atomic E-state index is 8.75. The first-order valence-corrected chi connectivity index (χ1v) is 6.59. The number of hydrogen-bond acceptors (Lipinski definition) is 3. The Hall–Kier alpha value is -1.21. The smallest absolute Gasteiger partial charge is 0.251 e. The number of nitrogens with zero attached hydrogens (tertiary/aromatic N) is 1. The molecule has 17 heavy (non-hydrogen) atoms. The summed E-state index contributed by atoms with van der Waals surface area (Å²) in [6.07, 6.45) is 4.59. The van der Waals surface area contributed by atoms with Crippen LogP contribution in [0.1, 0.15) is 31.2 Å². The molecule has 1 fully saturated rings. The third-order valence-corrected chi connectivity index (χ3v) is 4.08. The summed E-state index contributed by atoms with van der Waals surface area (Å²) in [5, 5.41) is 8.75. The van der Waals surface area contributed by atoms with Crippen LogP contribution in [0.15, 0.2) is 16.6 Å². The van der Waals surface area contributed by atoms with Gasteiger partial charge in [0.15, 0.2) is 11.5 Å². The second kappa shape index (κ2) is 3.92. The van der Waals surface area contributed by atoms with E-state index in [-0.39, 0.29) is 0 Å². The van der Waals surface area contributed by atoms with Gasteiger partial charge in [-0.3, -0.25) is 0 Å². The van der Waals surface area contributed by atoms with Gasteiger partial charge in [-0.2, -0.15) is 5.26 Å². The van der Waals surface area contributed by atoms with Crippen LogP contribution >= 0.6 is 15.9 Å². The molecule has 0 N–H and O–H groups in total. The van der Waals surface area contributed by atoms with Crippen LogP contribution in [0.2, 0.25) is 0 Å². The normalized spacial score (nSPS) is 19.5. The van der Waals surface area contributed by atoms with Crippen molar-refractivity contribution in [2.75, 3.05) is 0 Å². The third-order valence-electron chi connectivity index (χ3n) is 3.34. The Morgan fingerprint density at radius 1 is 1.24 bits per heavy atom. The second-order valence-electron chi connectivity index (χ2n) is 4.55. The van der Waals surface area contributed by atoms with E-state index in [1.54, 1.807) is 0 Å². The number of nitriles is 1. The van der Waals surface area contributed by atoms with Gasteiger partial charge in [-0.1, -0.05) is 15.9 Å². The summed E-state index contributed by atoms with van der Waals surface area (Å²) < 4.78 is 12.8. The topological polar surface area (TPSA) is 42.2 Å². The Morgan fingerprint density at radius 2 is 1.88 bits per heavy atom. The largest absolute Gasteiger partial charge is 0.448 e. The molecular weight excluding hydrogens is 282 g/mol. The molecule has 2 aliphatic rings. The average molecular weight is 294 g/mol. The molecule has 3 rings (SSSR count). The number of ether oxygens (including phenoxy) is 2. The maximum absolute atomic E-state index is 8.75. The lowest BCUT2D eigenvalue weighted by Crippen LogP contribution is -2.34. The molecule has 1 aromatic rings. The van der Waals surface area contributed by atoms with Gasteiger partial charge in [-0.15, -0.1) is 0 Å². The molecule has 0 radical (unpaired) electrons. The van der Waals surface area contributed by atoms with Crippen molar-refractivity contribution in [3.8, 4) is 17.6 Å². The Bertz CT molecular complexity index is 501.